The molecule has 0 radical (unpaired) electrons. The molecule has 0 aliphatic heterocycles. The molecule has 1 aliphatic carbocycles. The third-order valence-corrected chi connectivity index (χ3v) is 2.94. The van der Waals surface area contributed by atoms with Crippen LogP contribution in [0.5, 0.6) is 0 Å². The fourth-order valence-electron chi connectivity index (χ4n) is 1.87. The minimum absolute atomic E-state index is 0.0101. The van der Waals surface area contributed by atoms with Crippen molar-refractivity contribution in [3.8, 4) is 6.07 Å². The van der Waals surface area contributed by atoms with Crippen molar-refractivity contribution in [3.63, 3.8) is 0 Å². The number of halogens is 1. The van der Waals surface area contributed by atoms with Gasteiger partial charge < -0.3 is 10.4 Å². The summed E-state index contributed by atoms with van der Waals surface area (Å²) in [4.78, 5) is 10.6. The fourth-order valence-corrected chi connectivity index (χ4v) is 1.87. The first kappa shape index (κ1) is 11.4. The quantitative estimate of drug-likeness (QED) is 0.838. The van der Waals surface area contributed by atoms with Crippen molar-refractivity contribution < 1.29 is 14.3 Å². The Balaban J connectivity index is 1.97. The van der Waals surface area contributed by atoms with E-state index in [9.17, 15) is 9.18 Å². The molecule has 0 aromatic heterocycles. The van der Waals surface area contributed by atoms with Crippen molar-refractivity contribution in [1.82, 2.24) is 0 Å². The number of nitriles is 1. The Morgan fingerprint density at radius 2 is 2.24 bits per heavy atom. The van der Waals surface area contributed by atoms with E-state index >= 15 is 0 Å². The molecule has 88 valence electrons. The van der Waals surface area contributed by atoms with E-state index in [1.807, 2.05) is 0 Å². The van der Waals surface area contributed by atoms with Gasteiger partial charge in [0.15, 0.2) is 0 Å². The van der Waals surface area contributed by atoms with Crippen LogP contribution < -0.4 is 5.32 Å². The summed E-state index contributed by atoms with van der Waals surface area (Å²) in [6.07, 6.45) is 1.13. The zero-order chi connectivity index (χ0) is 12.4. The summed E-state index contributed by atoms with van der Waals surface area (Å²) in [5.41, 5.74) is 0.640. The summed E-state index contributed by atoms with van der Waals surface area (Å²) in [6, 6.07) is 6.06. The molecule has 1 aromatic rings. The van der Waals surface area contributed by atoms with Crippen LogP contribution >= 0.6 is 0 Å². The number of rotatable bonds is 3. The second kappa shape index (κ2) is 4.42. The molecule has 2 N–H and O–H groups in total. The van der Waals surface area contributed by atoms with E-state index in [1.165, 1.54) is 12.1 Å². The van der Waals surface area contributed by atoms with Crippen LogP contribution in [0, 0.1) is 23.1 Å². The lowest BCUT2D eigenvalue weighted by molar-refractivity contribution is -0.144. The second-order valence-corrected chi connectivity index (χ2v) is 4.15. The molecule has 0 heterocycles. The minimum atomic E-state index is -0.778. The normalized spacial score (nSPS) is 22.4. The highest BCUT2D eigenvalue weighted by atomic mass is 19.1. The summed E-state index contributed by atoms with van der Waals surface area (Å²) in [6.45, 7) is 0. The van der Waals surface area contributed by atoms with E-state index < -0.39 is 11.8 Å². The molecule has 0 spiro atoms. The van der Waals surface area contributed by atoms with Gasteiger partial charge in [0.25, 0.3) is 0 Å². The number of anilines is 1. The summed E-state index contributed by atoms with van der Waals surface area (Å²) < 4.78 is 13.0. The molecule has 4 nitrogen and oxygen atoms in total. The number of carboxylic acids is 1. The van der Waals surface area contributed by atoms with Crippen LogP contribution in [0.15, 0.2) is 18.2 Å². The van der Waals surface area contributed by atoms with Crippen molar-refractivity contribution in [2.45, 2.75) is 18.9 Å². The maximum Gasteiger partial charge on any atom is 0.306 e. The first-order valence-corrected chi connectivity index (χ1v) is 5.29. The molecule has 1 fully saturated rings. The molecule has 0 atom stereocenters. The lowest BCUT2D eigenvalue weighted by atomic mass is 9.80. The Hall–Kier alpha value is -2.09. The topological polar surface area (TPSA) is 73.1 Å². The maximum absolute atomic E-state index is 13.0. The van der Waals surface area contributed by atoms with Crippen LogP contribution in [0.25, 0.3) is 0 Å². The lowest BCUT2D eigenvalue weighted by Gasteiger charge is -2.33. The van der Waals surface area contributed by atoms with Gasteiger partial charge >= 0.3 is 5.97 Å². The number of hydrogen-bond acceptors (Lipinski definition) is 3. The van der Waals surface area contributed by atoms with Crippen LogP contribution in [-0.2, 0) is 4.79 Å². The van der Waals surface area contributed by atoms with Gasteiger partial charge in [-0.15, -0.1) is 0 Å². The Labute approximate surface area is 97.7 Å². The Morgan fingerprint density at radius 1 is 1.53 bits per heavy atom. The first-order valence-electron chi connectivity index (χ1n) is 5.29. The summed E-state index contributed by atoms with van der Waals surface area (Å²) >= 11 is 0. The van der Waals surface area contributed by atoms with Gasteiger partial charge in [-0.3, -0.25) is 4.79 Å². The smallest absolute Gasteiger partial charge is 0.306 e. The standard InChI is InChI=1S/C12H11FN2O2/c13-11-2-1-9(5-8(11)6-14)15-10-3-7(4-10)12(16)17/h1-2,5,7,10,15H,3-4H2,(H,16,17). The van der Waals surface area contributed by atoms with Crippen molar-refractivity contribution in [2.75, 3.05) is 5.32 Å². The zero-order valence-corrected chi connectivity index (χ0v) is 8.98. The van der Waals surface area contributed by atoms with E-state index in [4.69, 9.17) is 10.4 Å². The lowest BCUT2D eigenvalue weighted by Crippen LogP contribution is -2.39. The number of carboxylic acid groups (broad SMARTS) is 1. The van der Waals surface area contributed by atoms with E-state index in [0.29, 0.717) is 18.5 Å². The summed E-state index contributed by atoms with van der Waals surface area (Å²) in [5.74, 6) is -1.61. The van der Waals surface area contributed by atoms with Crippen LogP contribution in [0.4, 0.5) is 10.1 Å². The van der Waals surface area contributed by atoms with Crippen molar-refractivity contribution in [2.24, 2.45) is 5.92 Å². The second-order valence-electron chi connectivity index (χ2n) is 4.15. The van der Waals surface area contributed by atoms with E-state index in [0.717, 1.165) is 0 Å². The summed E-state index contributed by atoms with van der Waals surface area (Å²) in [7, 11) is 0. The molecule has 1 aliphatic rings. The van der Waals surface area contributed by atoms with Gasteiger partial charge in [-0.2, -0.15) is 5.26 Å². The molecule has 1 aromatic carbocycles. The number of nitrogens with one attached hydrogen (secondary N) is 1. The third kappa shape index (κ3) is 2.36. The highest BCUT2D eigenvalue weighted by molar-refractivity contribution is 5.71. The Bertz CT molecular complexity index is 490. The van der Waals surface area contributed by atoms with Gasteiger partial charge in [-0.05, 0) is 31.0 Å². The highest BCUT2D eigenvalue weighted by Crippen LogP contribution is 2.30. The number of nitrogens with zero attached hydrogens (tertiary/aromatic N) is 1. The molecular weight excluding hydrogens is 223 g/mol. The van der Waals surface area contributed by atoms with Gasteiger partial charge in [-0.1, -0.05) is 0 Å². The SMILES string of the molecule is N#Cc1cc(NC2CC(C(=O)O)C2)ccc1F. The molecule has 0 amide bonds. The van der Waals surface area contributed by atoms with E-state index in [-0.39, 0.29) is 17.5 Å². The predicted octanol–water partition coefficient (Wildman–Crippen LogP) is 1.97. The van der Waals surface area contributed by atoms with Crippen molar-refractivity contribution >= 4 is 11.7 Å². The van der Waals surface area contributed by atoms with Gasteiger partial charge in [-0.25, -0.2) is 4.39 Å². The molecule has 0 unspecified atom stereocenters. The third-order valence-electron chi connectivity index (χ3n) is 2.94. The van der Waals surface area contributed by atoms with Crippen LogP contribution in [0.1, 0.15) is 18.4 Å². The zero-order valence-electron chi connectivity index (χ0n) is 8.98. The van der Waals surface area contributed by atoms with Crippen LogP contribution in [0.3, 0.4) is 0 Å². The monoisotopic (exact) mass is 234 g/mol. The van der Waals surface area contributed by atoms with Gasteiger partial charge in [0, 0.05) is 11.7 Å². The summed E-state index contributed by atoms with van der Waals surface area (Å²) in [5, 5.41) is 20.5. The van der Waals surface area contributed by atoms with Gasteiger partial charge in [0.2, 0.25) is 0 Å². The van der Waals surface area contributed by atoms with E-state index in [2.05, 4.69) is 5.32 Å². The number of carbonyl (C=O) groups is 1. The molecule has 1 saturated carbocycles. The number of benzene rings is 1. The average molecular weight is 234 g/mol. The van der Waals surface area contributed by atoms with Crippen LogP contribution in [-0.4, -0.2) is 17.1 Å². The molecular formula is C12H11FN2O2. The average Bonchev–Trinajstić information content (AvgIpc) is 2.24. The Morgan fingerprint density at radius 3 is 2.82 bits per heavy atom. The van der Waals surface area contributed by atoms with Crippen molar-refractivity contribution in [3.05, 3.63) is 29.6 Å². The molecule has 5 heteroatoms. The maximum atomic E-state index is 13.0. The number of hydrogen-bond donors (Lipinski definition) is 2. The predicted molar refractivity (Wildman–Crippen MR) is 58.9 cm³/mol. The molecule has 0 bridgehead atoms. The molecule has 17 heavy (non-hydrogen) atoms. The molecule has 0 saturated heterocycles. The van der Waals surface area contributed by atoms with Crippen molar-refractivity contribution in [1.29, 1.82) is 5.26 Å². The fraction of sp³-hybridized carbons (Fsp3) is 0.333. The minimum Gasteiger partial charge on any atom is -0.481 e. The molecule has 2 rings (SSSR count). The van der Waals surface area contributed by atoms with E-state index in [1.54, 1.807) is 12.1 Å². The largest absolute Gasteiger partial charge is 0.481 e. The van der Waals surface area contributed by atoms with Gasteiger partial charge in [0.05, 0.1) is 11.5 Å². The number of aliphatic carboxylic acids is 1. The Kier molecular flexibility index (Phi) is 2.96. The van der Waals surface area contributed by atoms with Gasteiger partial charge in [0.1, 0.15) is 11.9 Å². The van der Waals surface area contributed by atoms with Crippen LogP contribution in [0.2, 0.25) is 0 Å². The first-order chi connectivity index (χ1) is 8.10. The highest BCUT2D eigenvalue weighted by Gasteiger charge is 2.34.